The van der Waals surface area contributed by atoms with Gasteiger partial charge in [-0.05, 0) is 205 Å². The zero-order chi connectivity index (χ0) is 46.1. The van der Waals surface area contributed by atoms with Crippen molar-refractivity contribution in [3.8, 4) is 89.0 Å². The minimum Gasteiger partial charge on any atom is -0.0622 e. The van der Waals surface area contributed by atoms with E-state index in [1.54, 1.807) is 0 Å². The fourth-order valence-corrected chi connectivity index (χ4v) is 11.2. The maximum atomic E-state index is 2.52. The van der Waals surface area contributed by atoms with Gasteiger partial charge >= 0.3 is 0 Å². The first-order valence-corrected chi connectivity index (χ1v) is 24.1. The monoisotopic (exact) mass is 876 g/mol. The van der Waals surface area contributed by atoms with Gasteiger partial charge in [-0.1, -0.05) is 196 Å². The Morgan fingerprint density at radius 1 is 0.188 bits per heavy atom. The molecule has 69 heavy (non-hydrogen) atoms. The standard InChI is InChI=1S/C69H48/c1-69(2)65-43-59(57-36-53(46-21-10-4-11-22-46)34-54(37-57)47-23-12-5-13-24-47)41-63-61-32-31-52(51-30-18-29-50(33-51)45-19-8-3-9-20-45)40-62(61)64-42-60(44-66(69)68(64)67(63)65)58-38-55(48-25-14-6-15-26-48)35-56(39-58)49-27-16-7-17-28-49/h3-44H,1-2H3. The van der Waals surface area contributed by atoms with Gasteiger partial charge in [0.05, 0.1) is 0 Å². The summed E-state index contributed by atoms with van der Waals surface area (Å²) in [6.45, 7) is 4.89. The Morgan fingerprint density at radius 2 is 0.449 bits per heavy atom. The largest absolute Gasteiger partial charge is 0.0622 e. The van der Waals surface area contributed by atoms with Crippen LogP contribution in [0.2, 0.25) is 0 Å². The van der Waals surface area contributed by atoms with Gasteiger partial charge in [0.1, 0.15) is 0 Å². The van der Waals surface area contributed by atoms with E-state index in [0.717, 1.165) is 0 Å². The van der Waals surface area contributed by atoms with Gasteiger partial charge < -0.3 is 0 Å². The van der Waals surface area contributed by atoms with E-state index in [1.807, 2.05) is 0 Å². The van der Waals surface area contributed by atoms with E-state index in [1.165, 1.54) is 132 Å². The average Bonchev–Trinajstić information content (AvgIpc) is 3.66. The van der Waals surface area contributed by atoms with Crippen molar-refractivity contribution in [1.29, 1.82) is 0 Å². The Balaban J connectivity index is 1.08. The summed E-state index contributed by atoms with van der Waals surface area (Å²) in [5.74, 6) is 0. The molecule has 0 spiro atoms. The quantitative estimate of drug-likeness (QED) is 0.133. The minimum absolute atomic E-state index is 0.284. The van der Waals surface area contributed by atoms with Crippen LogP contribution in [-0.2, 0) is 5.41 Å². The van der Waals surface area contributed by atoms with Crippen LogP contribution in [0.4, 0.5) is 0 Å². The lowest BCUT2D eigenvalue weighted by molar-refractivity contribution is 0.663. The summed E-state index contributed by atoms with van der Waals surface area (Å²) in [6, 6.07) is 94.5. The van der Waals surface area contributed by atoms with Crippen molar-refractivity contribution in [1.82, 2.24) is 0 Å². The van der Waals surface area contributed by atoms with E-state index in [4.69, 9.17) is 0 Å². The fourth-order valence-electron chi connectivity index (χ4n) is 11.2. The SMILES string of the molecule is CC1(C)c2cc(-c3cc(-c4ccccc4)cc(-c4ccccc4)c3)cc3c4ccc(-c5cccc(-c6ccccc6)c5)cc4c4cc(-c5cc(-c6ccccc6)cc(-c6ccccc6)c5)cc1c4c23. The van der Waals surface area contributed by atoms with Gasteiger partial charge in [-0.25, -0.2) is 0 Å². The molecule has 324 valence electrons. The molecule has 0 saturated heterocycles. The summed E-state index contributed by atoms with van der Waals surface area (Å²) in [5.41, 5.74) is 21.9. The van der Waals surface area contributed by atoms with Gasteiger partial charge in [0.15, 0.2) is 0 Å². The van der Waals surface area contributed by atoms with E-state index in [-0.39, 0.29) is 5.41 Å². The van der Waals surface area contributed by atoms with Crippen LogP contribution in [0.5, 0.6) is 0 Å². The lowest BCUT2D eigenvalue weighted by Gasteiger charge is -2.24. The molecule has 12 aromatic rings. The van der Waals surface area contributed by atoms with E-state index in [0.29, 0.717) is 0 Å². The molecule has 0 N–H and O–H groups in total. The Labute approximate surface area is 404 Å². The summed E-state index contributed by atoms with van der Waals surface area (Å²) < 4.78 is 0. The van der Waals surface area contributed by atoms with Crippen molar-refractivity contribution >= 4 is 32.3 Å². The molecule has 1 aliphatic carbocycles. The smallest absolute Gasteiger partial charge is 0.0159 e. The second kappa shape index (κ2) is 16.3. The molecule has 0 atom stereocenters. The van der Waals surface area contributed by atoms with Crippen LogP contribution in [0.3, 0.4) is 0 Å². The van der Waals surface area contributed by atoms with Crippen molar-refractivity contribution in [2.24, 2.45) is 0 Å². The molecule has 0 aliphatic heterocycles. The fraction of sp³-hybridized carbons (Fsp3) is 0.0435. The molecule has 0 nitrogen and oxygen atoms in total. The molecule has 12 aromatic carbocycles. The van der Waals surface area contributed by atoms with E-state index in [2.05, 4.69) is 269 Å². The number of benzene rings is 12. The van der Waals surface area contributed by atoms with E-state index >= 15 is 0 Å². The molecule has 0 aromatic heterocycles. The topological polar surface area (TPSA) is 0 Å². The zero-order valence-electron chi connectivity index (χ0n) is 38.7. The predicted octanol–water partition coefficient (Wildman–Crippen LogP) is 19.1. The van der Waals surface area contributed by atoms with Crippen LogP contribution >= 0.6 is 0 Å². The lowest BCUT2D eigenvalue weighted by Crippen LogP contribution is -2.15. The number of hydrogen-bond donors (Lipinski definition) is 0. The first kappa shape index (κ1) is 40.7. The second-order valence-corrected chi connectivity index (χ2v) is 19.3. The van der Waals surface area contributed by atoms with Gasteiger partial charge in [0, 0.05) is 5.41 Å². The van der Waals surface area contributed by atoms with Crippen LogP contribution in [0.15, 0.2) is 255 Å². The molecule has 13 rings (SSSR count). The highest BCUT2D eigenvalue weighted by molar-refractivity contribution is 6.30. The molecule has 0 unspecified atom stereocenters. The Morgan fingerprint density at radius 3 is 0.841 bits per heavy atom. The summed E-state index contributed by atoms with van der Waals surface area (Å²) in [5, 5.41) is 7.89. The van der Waals surface area contributed by atoms with Crippen LogP contribution in [0.1, 0.15) is 25.0 Å². The summed E-state index contributed by atoms with van der Waals surface area (Å²) in [7, 11) is 0. The van der Waals surface area contributed by atoms with Gasteiger partial charge in [0.25, 0.3) is 0 Å². The molecule has 1 aliphatic rings. The van der Waals surface area contributed by atoms with Crippen molar-refractivity contribution in [2.75, 3.05) is 0 Å². The number of hydrogen-bond acceptors (Lipinski definition) is 0. The molecule has 0 heterocycles. The summed E-state index contributed by atoms with van der Waals surface area (Å²) in [4.78, 5) is 0. The summed E-state index contributed by atoms with van der Waals surface area (Å²) >= 11 is 0. The first-order chi connectivity index (χ1) is 33.9. The highest BCUT2D eigenvalue weighted by atomic mass is 14.4. The third kappa shape index (κ3) is 7.07. The number of rotatable bonds is 8. The molecule has 0 saturated carbocycles. The van der Waals surface area contributed by atoms with Crippen LogP contribution in [0.25, 0.3) is 121 Å². The molecule has 0 amide bonds. The molecule has 0 radical (unpaired) electrons. The normalized spacial score (nSPS) is 12.6. The second-order valence-electron chi connectivity index (χ2n) is 19.3. The van der Waals surface area contributed by atoms with Gasteiger partial charge in [-0.3, -0.25) is 0 Å². The minimum atomic E-state index is -0.284. The maximum Gasteiger partial charge on any atom is 0.0159 e. The highest BCUT2D eigenvalue weighted by Crippen LogP contribution is 2.54. The third-order valence-corrected chi connectivity index (χ3v) is 14.7. The summed E-state index contributed by atoms with van der Waals surface area (Å²) in [6.07, 6.45) is 0. The van der Waals surface area contributed by atoms with Crippen molar-refractivity contribution in [2.45, 2.75) is 19.3 Å². The molecular weight excluding hydrogens is 829 g/mol. The predicted molar refractivity (Wildman–Crippen MR) is 295 cm³/mol. The van der Waals surface area contributed by atoms with Crippen LogP contribution < -0.4 is 0 Å². The van der Waals surface area contributed by atoms with E-state index in [9.17, 15) is 0 Å². The number of fused-ring (bicyclic) bond motifs is 3. The lowest BCUT2D eigenvalue weighted by atomic mass is 9.79. The van der Waals surface area contributed by atoms with Crippen molar-refractivity contribution in [3.63, 3.8) is 0 Å². The van der Waals surface area contributed by atoms with Crippen LogP contribution in [-0.4, -0.2) is 0 Å². The third-order valence-electron chi connectivity index (χ3n) is 14.7. The Bertz CT molecular complexity index is 3810. The van der Waals surface area contributed by atoms with Gasteiger partial charge in [-0.15, -0.1) is 0 Å². The highest BCUT2D eigenvalue weighted by Gasteiger charge is 2.36. The van der Waals surface area contributed by atoms with Gasteiger partial charge in [0.2, 0.25) is 0 Å². The average molecular weight is 877 g/mol. The van der Waals surface area contributed by atoms with Crippen molar-refractivity contribution < 1.29 is 0 Å². The maximum absolute atomic E-state index is 2.52. The zero-order valence-corrected chi connectivity index (χ0v) is 38.7. The van der Waals surface area contributed by atoms with Gasteiger partial charge in [-0.2, -0.15) is 0 Å². The van der Waals surface area contributed by atoms with Crippen molar-refractivity contribution in [3.05, 3.63) is 266 Å². The molecule has 0 bridgehead atoms. The first-order valence-electron chi connectivity index (χ1n) is 24.1. The molecule has 0 fully saturated rings. The van der Waals surface area contributed by atoms with Crippen LogP contribution in [0, 0.1) is 0 Å². The Kier molecular flexibility index (Phi) is 9.63. The molecule has 0 heteroatoms. The van der Waals surface area contributed by atoms with E-state index < -0.39 is 0 Å². The molecular formula is C69H48. The Hall–Kier alpha value is -8.58.